The zero-order valence-electron chi connectivity index (χ0n) is 21.2. The van der Waals surface area contributed by atoms with Crippen LogP contribution in [0.3, 0.4) is 0 Å². The molecule has 0 aliphatic rings. The van der Waals surface area contributed by atoms with Gasteiger partial charge in [-0.05, 0) is 67.9 Å². The smallest absolute Gasteiger partial charge is 0.417 e. The maximum atomic E-state index is 14.3. The lowest BCUT2D eigenvalue weighted by molar-refractivity contribution is -0.137. The Hall–Kier alpha value is -5.45. The fourth-order valence-corrected chi connectivity index (χ4v) is 3.42. The number of carbonyl (C=O) groups excluding carboxylic acids is 3. The van der Waals surface area contributed by atoms with Crippen LogP contribution in [0.1, 0.15) is 44.3 Å². The van der Waals surface area contributed by atoms with E-state index >= 15 is 0 Å². The quantitative estimate of drug-likeness (QED) is 0.0634. The number of ether oxygens (including phenoxy) is 1. The fourth-order valence-electron chi connectivity index (χ4n) is 3.42. The van der Waals surface area contributed by atoms with E-state index in [9.17, 15) is 36.3 Å². The Bertz CT molecular complexity index is 1640. The van der Waals surface area contributed by atoms with E-state index in [1.54, 1.807) is 5.43 Å². The Kier molecular flexibility index (Phi) is 8.93. The van der Waals surface area contributed by atoms with Crippen molar-refractivity contribution in [3.8, 4) is 23.3 Å². The summed E-state index contributed by atoms with van der Waals surface area (Å²) in [5.74, 6) is -2.10. The van der Waals surface area contributed by atoms with E-state index in [0.717, 1.165) is 36.4 Å². The Morgan fingerprint density at radius 1 is 0.951 bits per heavy atom. The van der Waals surface area contributed by atoms with Crippen molar-refractivity contribution in [2.45, 2.75) is 20.0 Å². The number of hydrazone groups is 1. The van der Waals surface area contributed by atoms with Gasteiger partial charge in [-0.15, -0.1) is 11.0 Å². The third kappa shape index (κ3) is 7.35. The molecule has 0 fully saturated rings. The number of nitrogens with zero attached hydrogens (tertiary/aromatic N) is 1. The largest absolute Gasteiger partial charge is 0.456 e. The van der Waals surface area contributed by atoms with Crippen molar-refractivity contribution in [2.24, 2.45) is 16.6 Å². The number of guanidine groups is 1. The molecule has 0 spiro atoms. The van der Waals surface area contributed by atoms with E-state index in [1.165, 1.54) is 19.9 Å². The predicted octanol–water partition coefficient (Wildman–Crippen LogP) is 4.20. The topological polar surface area (TPSA) is 149 Å². The first-order valence-electron chi connectivity index (χ1n) is 11.4. The zero-order chi connectivity index (χ0) is 30.5. The van der Waals surface area contributed by atoms with Crippen molar-refractivity contribution >= 4 is 29.2 Å². The van der Waals surface area contributed by atoms with Gasteiger partial charge in [-0.1, -0.05) is 5.92 Å². The molecule has 0 bridgehead atoms. The number of carbonyl (C=O) groups is 3. The van der Waals surface area contributed by atoms with Gasteiger partial charge < -0.3 is 21.5 Å². The molecule has 6 N–H and O–H groups in total. The number of nitrogens with two attached hydrogens (primary N) is 2. The molecular formula is C27H20F5N5O4. The predicted molar refractivity (Wildman–Crippen MR) is 138 cm³/mol. The lowest BCUT2D eigenvalue weighted by Crippen LogP contribution is -2.33. The molecule has 0 aromatic heterocycles. The molecule has 212 valence electrons. The summed E-state index contributed by atoms with van der Waals surface area (Å²) < 4.78 is 75.0. The number of hydrogen-bond acceptors (Lipinski definition) is 5. The van der Waals surface area contributed by atoms with Crippen LogP contribution in [0.2, 0.25) is 0 Å². The van der Waals surface area contributed by atoms with Crippen LogP contribution in [0, 0.1) is 30.4 Å². The van der Waals surface area contributed by atoms with E-state index in [4.69, 9.17) is 16.2 Å². The van der Waals surface area contributed by atoms with Gasteiger partial charge >= 0.3 is 12.1 Å². The van der Waals surface area contributed by atoms with Crippen LogP contribution in [0.25, 0.3) is 0 Å². The van der Waals surface area contributed by atoms with Crippen molar-refractivity contribution in [1.29, 1.82) is 0 Å². The number of anilines is 1. The highest BCUT2D eigenvalue weighted by Crippen LogP contribution is 2.38. The molecular weight excluding hydrogens is 553 g/mol. The van der Waals surface area contributed by atoms with E-state index in [1.807, 2.05) is 0 Å². The SMILES string of the molecule is CC#Cc1cc(C(=O)Nc2ccc(F)c(C(=O)C(=O)NN=C(N)N)c2)c(Oc2ccc(F)cc2C)cc1C(F)(F)F. The molecule has 0 unspecified atom stereocenters. The Morgan fingerprint density at radius 3 is 2.27 bits per heavy atom. The van der Waals surface area contributed by atoms with E-state index < -0.39 is 69.4 Å². The summed E-state index contributed by atoms with van der Waals surface area (Å²) in [5, 5.41) is 5.47. The molecule has 0 atom stereocenters. The minimum absolute atomic E-state index is 0.0376. The second-order valence-corrected chi connectivity index (χ2v) is 8.23. The number of aryl methyl sites for hydroxylation is 1. The summed E-state index contributed by atoms with van der Waals surface area (Å²) in [4.78, 5) is 37.6. The van der Waals surface area contributed by atoms with Gasteiger partial charge in [-0.25, -0.2) is 14.2 Å². The van der Waals surface area contributed by atoms with Crippen LogP contribution in [0.4, 0.5) is 27.6 Å². The van der Waals surface area contributed by atoms with E-state index in [0.29, 0.717) is 6.07 Å². The number of benzene rings is 3. The molecule has 0 heterocycles. The summed E-state index contributed by atoms with van der Waals surface area (Å²) in [6.07, 6.45) is -4.88. The minimum atomic E-state index is -4.88. The molecule has 3 aromatic carbocycles. The molecule has 3 aromatic rings. The van der Waals surface area contributed by atoms with Gasteiger partial charge in [0.1, 0.15) is 23.1 Å². The monoisotopic (exact) mass is 573 g/mol. The van der Waals surface area contributed by atoms with Crippen LogP contribution < -0.4 is 26.9 Å². The summed E-state index contributed by atoms with van der Waals surface area (Å²) in [6, 6.07) is 7.33. The summed E-state index contributed by atoms with van der Waals surface area (Å²) in [5.41, 5.74) is 8.93. The average Bonchev–Trinajstić information content (AvgIpc) is 2.89. The number of Topliss-reactive ketones (excluding diaryl/α,β-unsaturated/α-hetero) is 1. The van der Waals surface area contributed by atoms with Crippen molar-refractivity contribution in [2.75, 3.05) is 5.32 Å². The average molecular weight is 573 g/mol. The van der Waals surface area contributed by atoms with Crippen molar-refractivity contribution in [1.82, 2.24) is 5.43 Å². The van der Waals surface area contributed by atoms with Crippen LogP contribution in [-0.2, 0) is 11.0 Å². The van der Waals surface area contributed by atoms with Gasteiger partial charge in [0.25, 0.3) is 11.7 Å². The van der Waals surface area contributed by atoms with Crippen molar-refractivity contribution in [3.63, 3.8) is 0 Å². The normalized spacial score (nSPS) is 10.6. The second-order valence-electron chi connectivity index (χ2n) is 8.23. The van der Waals surface area contributed by atoms with Gasteiger partial charge in [0.15, 0.2) is 0 Å². The standard InChI is InChI=1S/C27H20F5N5O4/c1-3-4-14-10-18(22(12-19(14)27(30,31)32)41-21-8-5-15(28)9-13(21)2)24(39)35-16-6-7-20(29)17(11-16)23(38)25(40)36-37-26(33)34/h5-12H,1-2H3,(H,35,39)(H,36,40)(H4,33,34,37). The molecule has 0 aliphatic heterocycles. The van der Waals surface area contributed by atoms with E-state index in [2.05, 4.69) is 22.3 Å². The Morgan fingerprint density at radius 2 is 1.66 bits per heavy atom. The van der Waals surface area contributed by atoms with Gasteiger partial charge in [0.2, 0.25) is 5.96 Å². The number of nitrogens with one attached hydrogen (secondary N) is 2. The fraction of sp³-hybridized carbons (Fsp3) is 0.111. The first kappa shape index (κ1) is 30.1. The minimum Gasteiger partial charge on any atom is -0.456 e. The molecule has 3 rings (SSSR count). The van der Waals surface area contributed by atoms with Crippen LogP contribution in [-0.4, -0.2) is 23.6 Å². The van der Waals surface area contributed by atoms with Crippen LogP contribution >= 0.6 is 0 Å². The highest BCUT2D eigenvalue weighted by molar-refractivity contribution is 6.43. The maximum Gasteiger partial charge on any atom is 0.417 e. The van der Waals surface area contributed by atoms with Crippen molar-refractivity contribution < 1.29 is 41.1 Å². The molecule has 0 aliphatic carbocycles. The molecule has 0 saturated carbocycles. The van der Waals surface area contributed by atoms with Crippen LogP contribution in [0.5, 0.6) is 11.5 Å². The number of halogens is 5. The lowest BCUT2D eigenvalue weighted by atomic mass is 10.0. The highest BCUT2D eigenvalue weighted by atomic mass is 19.4. The molecule has 0 radical (unpaired) electrons. The second kappa shape index (κ2) is 12.2. The van der Waals surface area contributed by atoms with Crippen LogP contribution in [0.15, 0.2) is 53.6 Å². The number of amides is 2. The molecule has 41 heavy (non-hydrogen) atoms. The number of hydrogen-bond donors (Lipinski definition) is 4. The lowest BCUT2D eigenvalue weighted by Gasteiger charge is -2.17. The third-order valence-electron chi connectivity index (χ3n) is 5.25. The summed E-state index contributed by atoms with van der Waals surface area (Å²) in [6.45, 7) is 2.74. The first-order chi connectivity index (χ1) is 19.2. The zero-order valence-corrected chi connectivity index (χ0v) is 21.2. The Labute approximate surface area is 229 Å². The maximum absolute atomic E-state index is 14.3. The third-order valence-corrected chi connectivity index (χ3v) is 5.25. The summed E-state index contributed by atoms with van der Waals surface area (Å²) in [7, 11) is 0. The van der Waals surface area contributed by atoms with Crippen molar-refractivity contribution in [3.05, 3.63) is 88.0 Å². The first-order valence-corrected chi connectivity index (χ1v) is 11.4. The molecule has 14 heteroatoms. The number of ketones is 1. The van der Waals surface area contributed by atoms with Gasteiger partial charge in [-0.2, -0.15) is 13.2 Å². The van der Waals surface area contributed by atoms with E-state index in [-0.39, 0.29) is 17.0 Å². The Balaban J connectivity index is 2.06. The molecule has 2 amide bonds. The number of rotatable bonds is 7. The molecule has 0 saturated heterocycles. The van der Waals surface area contributed by atoms with Gasteiger partial charge in [0, 0.05) is 11.3 Å². The summed E-state index contributed by atoms with van der Waals surface area (Å²) >= 11 is 0. The van der Waals surface area contributed by atoms with Gasteiger partial charge in [-0.3, -0.25) is 14.4 Å². The van der Waals surface area contributed by atoms with Gasteiger partial charge in [0.05, 0.1) is 16.7 Å². The molecule has 9 nitrogen and oxygen atoms in total. The highest BCUT2D eigenvalue weighted by Gasteiger charge is 2.35. The number of alkyl halides is 3.